The van der Waals surface area contributed by atoms with Gasteiger partial charge in [0.15, 0.2) is 0 Å². The number of hydrogen-bond acceptors (Lipinski definition) is 7. The maximum atomic E-state index is 11.3. The van der Waals surface area contributed by atoms with Crippen molar-refractivity contribution in [3.8, 4) is 0 Å². The van der Waals surface area contributed by atoms with Crippen molar-refractivity contribution in [1.29, 1.82) is 0 Å². The molecular formula is C18H36O7. The average Bonchev–Trinajstić information content (AvgIpc) is 2.50. The highest BCUT2D eigenvalue weighted by Crippen LogP contribution is 2.10. The van der Waals surface area contributed by atoms with Crippen LogP contribution in [-0.2, 0) is 33.9 Å². The van der Waals surface area contributed by atoms with Crippen molar-refractivity contribution >= 4 is 11.9 Å². The summed E-state index contributed by atoms with van der Waals surface area (Å²) in [6.45, 7) is 13.2. The van der Waals surface area contributed by atoms with Crippen LogP contribution in [0, 0.1) is 0 Å². The fourth-order valence-electron chi connectivity index (χ4n) is 1.32. The molecule has 150 valence electrons. The number of esters is 1. The molecule has 25 heavy (non-hydrogen) atoms. The molecule has 0 N–H and O–H groups in total. The Morgan fingerprint density at radius 3 is 2.08 bits per heavy atom. The number of ether oxygens (including phenoxy) is 1. The van der Waals surface area contributed by atoms with Gasteiger partial charge in [0.2, 0.25) is 6.29 Å². The molecule has 0 aromatic carbocycles. The van der Waals surface area contributed by atoms with Gasteiger partial charge < -0.3 is 4.74 Å². The van der Waals surface area contributed by atoms with Crippen molar-refractivity contribution in [3.05, 3.63) is 0 Å². The van der Waals surface area contributed by atoms with Crippen LogP contribution in [-0.4, -0.2) is 30.4 Å². The summed E-state index contributed by atoms with van der Waals surface area (Å²) in [6, 6.07) is 0. The molecule has 1 unspecified atom stereocenters. The molecule has 7 heteroatoms. The van der Waals surface area contributed by atoms with E-state index in [4.69, 9.17) is 14.5 Å². The van der Waals surface area contributed by atoms with Crippen molar-refractivity contribution in [2.24, 2.45) is 0 Å². The lowest BCUT2D eigenvalue weighted by Crippen LogP contribution is -2.25. The Morgan fingerprint density at radius 1 is 1.00 bits per heavy atom. The van der Waals surface area contributed by atoms with Gasteiger partial charge in [0.1, 0.15) is 0 Å². The number of hydrogen-bond donors (Lipinski definition) is 0. The molecule has 7 nitrogen and oxygen atoms in total. The zero-order valence-corrected chi connectivity index (χ0v) is 16.9. The van der Waals surface area contributed by atoms with Gasteiger partial charge in [-0.2, -0.15) is 9.78 Å². The van der Waals surface area contributed by atoms with Gasteiger partial charge in [0, 0.05) is 20.3 Å². The van der Waals surface area contributed by atoms with E-state index in [0.29, 0.717) is 13.0 Å². The zero-order valence-electron chi connectivity index (χ0n) is 16.9. The second-order valence-electron chi connectivity index (χ2n) is 6.56. The highest BCUT2D eigenvalue weighted by Gasteiger charge is 2.16. The molecule has 0 spiro atoms. The molecule has 0 aromatic rings. The van der Waals surface area contributed by atoms with Gasteiger partial charge in [0.05, 0.1) is 12.2 Å². The predicted octanol–water partition coefficient (Wildman–Crippen LogP) is 4.48. The fraction of sp³-hybridized carbons (Fsp3) is 0.889. The first kappa shape index (κ1) is 26.1. The molecule has 0 rings (SSSR count). The minimum Gasteiger partial charge on any atom is -0.433 e. The van der Waals surface area contributed by atoms with Gasteiger partial charge in [-0.3, -0.25) is 9.68 Å². The molecule has 0 fully saturated rings. The lowest BCUT2D eigenvalue weighted by molar-refractivity contribution is -0.405. The Morgan fingerprint density at radius 2 is 1.60 bits per heavy atom. The average molecular weight is 364 g/mol. The van der Waals surface area contributed by atoms with E-state index in [9.17, 15) is 9.59 Å². The Bertz CT molecular complexity index is 337. The maximum Gasteiger partial charge on any atom is 0.339 e. The Labute approximate surface area is 152 Å². The summed E-state index contributed by atoms with van der Waals surface area (Å²) < 4.78 is 5.01. The SMILES string of the molecule is CCCCCC(=O)OC(C)OOC(C)(C)C.CCCCOOC(C)=O. The van der Waals surface area contributed by atoms with Crippen LogP contribution in [0.25, 0.3) is 0 Å². The summed E-state index contributed by atoms with van der Waals surface area (Å²) in [4.78, 5) is 40.0. The molecule has 1 atom stereocenters. The Kier molecular flexibility index (Phi) is 17.0. The van der Waals surface area contributed by atoms with E-state index in [1.54, 1.807) is 6.92 Å². The maximum absolute atomic E-state index is 11.3. The summed E-state index contributed by atoms with van der Waals surface area (Å²) in [5.74, 6) is -0.635. The highest BCUT2D eigenvalue weighted by atomic mass is 17.2. The van der Waals surface area contributed by atoms with Gasteiger partial charge >= 0.3 is 11.9 Å². The summed E-state index contributed by atoms with van der Waals surface area (Å²) in [7, 11) is 0. The van der Waals surface area contributed by atoms with Crippen LogP contribution in [0.3, 0.4) is 0 Å². The lowest BCUT2D eigenvalue weighted by Gasteiger charge is -2.20. The van der Waals surface area contributed by atoms with E-state index < -0.39 is 17.9 Å². The number of carbonyl (C=O) groups is 2. The topological polar surface area (TPSA) is 80.3 Å². The van der Waals surface area contributed by atoms with E-state index in [1.165, 1.54) is 6.92 Å². The second-order valence-corrected chi connectivity index (χ2v) is 6.56. The molecule has 0 amide bonds. The van der Waals surface area contributed by atoms with Crippen molar-refractivity contribution in [3.63, 3.8) is 0 Å². The third-order valence-corrected chi connectivity index (χ3v) is 2.47. The monoisotopic (exact) mass is 364 g/mol. The van der Waals surface area contributed by atoms with Crippen LogP contribution in [0.1, 0.15) is 87.0 Å². The molecule has 0 aliphatic rings. The summed E-state index contributed by atoms with van der Waals surface area (Å²) in [5.41, 5.74) is -0.400. The summed E-state index contributed by atoms with van der Waals surface area (Å²) in [5, 5.41) is 0. The first-order chi connectivity index (χ1) is 11.6. The van der Waals surface area contributed by atoms with Gasteiger partial charge in [-0.25, -0.2) is 9.68 Å². The van der Waals surface area contributed by atoms with Crippen LogP contribution >= 0.6 is 0 Å². The molecular weight excluding hydrogens is 328 g/mol. The fourth-order valence-corrected chi connectivity index (χ4v) is 1.32. The van der Waals surface area contributed by atoms with Gasteiger partial charge in [0.25, 0.3) is 0 Å². The molecule has 0 aliphatic heterocycles. The van der Waals surface area contributed by atoms with Crippen molar-refractivity contribution in [2.45, 2.75) is 98.9 Å². The van der Waals surface area contributed by atoms with Crippen LogP contribution in [0.15, 0.2) is 0 Å². The second kappa shape index (κ2) is 16.3. The first-order valence-electron chi connectivity index (χ1n) is 8.96. The number of carbonyl (C=O) groups excluding carboxylic acids is 2. The minimum absolute atomic E-state index is 0.238. The molecule has 0 bridgehead atoms. The molecule has 0 radical (unpaired) electrons. The summed E-state index contributed by atoms with van der Waals surface area (Å²) in [6.07, 6.45) is 4.75. The number of rotatable bonds is 11. The quantitative estimate of drug-likeness (QED) is 0.176. The predicted molar refractivity (Wildman–Crippen MR) is 94.2 cm³/mol. The van der Waals surface area contributed by atoms with Gasteiger partial charge in [-0.05, 0) is 33.6 Å². The zero-order chi connectivity index (χ0) is 19.7. The third-order valence-electron chi connectivity index (χ3n) is 2.47. The smallest absolute Gasteiger partial charge is 0.339 e. The molecule has 0 aromatic heterocycles. The molecule has 0 saturated heterocycles. The third kappa shape index (κ3) is 25.2. The standard InChI is InChI=1S/C12H24O4.C6H12O3/c1-6-7-8-9-11(13)14-10(2)15-16-12(3,4)5;1-3-4-5-8-9-6(2)7/h10H,6-9H2,1-5H3;3-5H2,1-2H3. The number of unbranched alkanes of at least 4 members (excludes halogenated alkanes) is 3. The molecule has 0 aliphatic carbocycles. The van der Waals surface area contributed by atoms with Crippen molar-refractivity contribution in [2.75, 3.05) is 6.61 Å². The molecule has 0 saturated carbocycles. The normalized spacial score (nSPS) is 12.0. The van der Waals surface area contributed by atoms with E-state index in [1.807, 2.05) is 27.7 Å². The Hall–Kier alpha value is -1.18. The highest BCUT2D eigenvalue weighted by molar-refractivity contribution is 5.69. The van der Waals surface area contributed by atoms with E-state index in [-0.39, 0.29) is 5.97 Å². The van der Waals surface area contributed by atoms with E-state index in [2.05, 4.69) is 16.7 Å². The van der Waals surface area contributed by atoms with Crippen LogP contribution < -0.4 is 0 Å². The van der Waals surface area contributed by atoms with Crippen molar-refractivity contribution < 1.29 is 33.9 Å². The first-order valence-corrected chi connectivity index (χ1v) is 8.96. The molecule has 0 heterocycles. The van der Waals surface area contributed by atoms with E-state index in [0.717, 1.165) is 32.1 Å². The Balaban J connectivity index is 0. The van der Waals surface area contributed by atoms with Crippen LogP contribution in [0.5, 0.6) is 0 Å². The largest absolute Gasteiger partial charge is 0.433 e. The van der Waals surface area contributed by atoms with Gasteiger partial charge in [-0.15, -0.1) is 0 Å². The lowest BCUT2D eigenvalue weighted by atomic mass is 10.2. The van der Waals surface area contributed by atoms with Crippen LogP contribution in [0.4, 0.5) is 0 Å². The van der Waals surface area contributed by atoms with Crippen LogP contribution in [0.2, 0.25) is 0 Å². The van der Waals surface area contributed by atoms with Gasteiger partial charge in [-0.1, -0.05) is 33.1 Å². The van der Waals surface area contributed by atoms with Crippen molar-refractivity contribution in [1.82, 2.24) is 0 Å². The van der Waals surface area contributed by atoms with E-state index >= 15 is 0 Å². The minimum atomic E-state index is -0.659. The summed E-state index contributed by atoms with van der Waals surface area (Å²) >= 11 is 0.